The van der Waals surface area contributed by atoms with Crippen molar-refractivity contribution < 1.29 is 4.74 Å². The van der Waals surface area contributed by atoms with Crippen LogP contribution in [0.15, 0.2) is 18.2 Å². The summed E-state index contributed by atoms with van der Waals surface area (Å²) in [5.41, 5.74) is 7.97. The van der Waals surface area contributed by atoms with Crippen LogP contribution in [-0.4, -0.2) is 25.1 Å². The highest BCUT2D eigenvalue weighted by atomic mass is 16.5. The van der Waals surface area contributed by atoms with Gasteiger partial charge in [-0.25, -0.2) is 0 Å². The van der Waals surface area contributed by atoms with Crippen molar-refractivity contribution in [2.45, 2.75) is 39.3 Å². The summed E-state index contributed by atoms with van der Waals surface area (Å²) in [4.78, 5) is 2.35. The van der Waals surface area contributed by atoms with E-state index in [2.05, 4.69) is 25.8 Å². The average Bonchev–Trinajstić information content (AvgIpc) is 2.33. The molecule has 0 aromatic heterocycles. The predicted molar refractivity (Wildman–Crippen MR) is 73.2 cm³/mol. The lowest BCUT2D eigenvalue weighted by Gasteiger charge is -2.26. The third-order valence-corrected chi connectivity index (χ3v) is 3.34. The molecule has 0 aliphatic carbocycles. The molecule has 0 fully saturated rings. The third-order valence-electron chi connectivity index (χ3n) is 3.34. The van der Waals surface area contributed by atoms with Gasteiger partial charge in [0, 0.05) is 18.3 Å². The molecule has 0 atom stereocenters. The Labute approximate surface area is 105 Å². The lowest BCUT2D eigenvalue weighted by Crippen LogP contribution is -2.30. The van der Waals surface area contributed by atoms with E-state index in [4.69, 9.17) is 10.5 Å². The number of hydrogen-bond acceptors (Lipinski definition) is 3. The third kappa shape index (κ3) is 3.63. The van der Waals surface area contributed by atoms with Crippen LogP contribution in [0.2, 0.25) is 0 Å². The van der Waals surface area contributed by atoms with Crippen LogP contribution >= 0.6 is 0 Å². The molecule has 0 bridgehead atoms. The van der Waals surface area contributed by atoms with Crippen molar-refractivity contribution in [1.82, 2.24) is 4.90 Å². The molecular formula is C14H24N2O. The Morgan fingerprint density at radius 3 is 2.47 bits per heavy atom. The number of nitrogen functional groups attached to an aromatic ring is 1. The number of benzene rings is 1. The highest BCUT2D eigenvalue weighted by Crippen LogP contribution is 2.22. The summed E-state index contributed by atoms with van der Waals surface area (Å²) in [6.45, 7) is 5.31. The van der Waals surface area contributed by atoms with Crippen molar-refractivity contribution in [3.8, 4) is 5.75 Å². The van der Waals surface area contributed by atoms with E-state index in [9.17, 15) is 0 Å². The number of nitrogens with zero attached hydrogens (tertiary/aromatic N) is 1. The number of hydrogen-bond donors (Lipinski definition) is 1. The molecule has 0 amide bonds. The topological polar surface area (TPSA) is 38.5 Å². The minimum atomic E-state index is 0.612. The summed E-state index contributed by atoms with van der Waals surface area (Å²) in [5.74, 6) is 0.868. The SMILES string of the molecule is CCC(CC)N(C)Cc1cc(OC)ccc1N. The van der Waals surface area contributed by atoms with Crippen molar-refractivity contribution >= 4 is 5.69 Å². The van der Waals surface area contributed by atoms with Gasteiger partial charge in [-0.2, -0.15) is 0 Å². The quantitative estimate of drug-likeness (QED) is 0.772. The van der Waals surface area contributed by atoms with E-state index in [0.29, 0.717) is 6.04 Å². The second kappa shape index (κ2) is 6.50. The fourth-order valence-corrected chi connectivity index (χ4v) is 2.16. The largest absolute Gasteiger partial charge is 0.497 e. The van der Waals surface area contributed by atoms with Crippen LogP contribution in [0.3, 0.4) is 0 Å². The van der Waals surface area contributed by atoms with E-state index >= 15 is 0 Å². The van der Waals surface area contributed by atoms with Crippen LogP contribution < -0.4 is 10.5 Å². The summed E-state index contributed by atoms with van der Waals surface area (Å²) in [6, 6.07) is 6.44. The van der Waals surface area contributed by atoms with E-state index in [1.165, 1.54) is 0 Å². The predicted octanol–water partition coefficient (Wildman–Crippen LogP) is 2.90. The molecule has 96 valence electrons. The van der Waals surface area contributed by atoms with Gasteiger partial charge < -0.3 is 10.5 Å². The van der Waals surface area contributed by atoms with Crippen molar-refractivity contribution in [3.05, 3.63) is 23.8 Å². The van der Waals surface area contributed by atoms with Gasteiger partial charge in [0.25, 0.3) is 0 Å². The second-order valence-corrected chi connectivity index (χ2v) is 4.45. The van der Waals surface area contributed by atoms with Crippen LogP contribution in [0.25, 0.3) is 0 Å². The van der Waals surface area contributed by atoms with E-state index in [1.54, 1.807) is 7.11 Å². The molecule has 0 unspecified atom stereocenters. The van der Waals surface area contributed by atoms with Crippen molar-refractivity contribution in [2.75, 3.05) is 19.9 Å². The Morgan fingerprint density at radius 1 is 1.29 bits per heavy atom. The molecule has 0 radical (unpaired) electrons. The van der Waals surface area contributed by atoms with Crippen molar-refractivity contribution in [1.29, 1.82) is 0 Å². The molecule has 1 rings (SSSR count). The fraction of sp³-hybridized carbons (Fsp3) is 0.571. The zero-order valence-corrected chi connectivity index (χ0v) is 11.4. The second-order valence-electron chi connectivity index (χ2n) is 4.45. The first-order valence-electron chi connectivity index (χ1n) is 6.24. The monoisotopic (exact) mass is 236 g/mol. The Morgan fingerprint density at radius 2 is 1.94 bits per heavy atom. The fourth-order valence-electron chi connectivity index (χ4n) is 2.16. The van der Waals surface area contributed by atoms with Crippen LogP contribution in [0.5, 0.6) is 5.75 Å². The maximum absolute atomic E-state index is 5.99. The summed E-state index contributed by atoms with van der Waals surface area (Å²) in [7, 11) is 3.83. The number of anilines is 1. The maximum atomic E-state index is 5.99. The normalized spacial score (nSPS) is 11.2. The van der Waals surface area contributed by atoms with Gasteiger partial charge in [-0.05, 0) is 43.7 Å². The first kappa shape index (κ1) is 13.8. The molecule has 1 aromatic carbocycles. The molecular weight excluding hydrogens is 212 g/mol. The highest BCUT2D eigenvalue weighted by Gasteiger charge is 2.12. The van der Waals surface area contributed by atoms with Gasteiger partial charge in [0.1, 0.15) is 5.75 Å². The average molecular weight is 236 g/mol. The Hall–Kier alpha value is -1.22. The van der Waals surface area contributed by atoms with Gasteiger partial charge in [-0.15, -0.1) is 0 Å². The molecule has 0 aliphatic rings. The van der Waals surface area contributed by atoms with E-state index < -0.39 is 0 Å². The van der Waals surface area contributed by atoms with Gasteiger partial charge in [-0.3, -0.25) is 4.90 Å². The molecule has 0 saturated heterocycles. The van der Waals surface area contributed by atoms with E-state index in [1.807, 2.05) is 18.2 Å². The van der Waals surface area contributed by atoms with Crippen molar-refractivity contribution in [3.63, 3.8) is 0 Å². The summed E-state index contributed by atoms with van der Waals surface area (Å²) < 4.78 is 5.23. The van der Waals surface area contributed by atoms with Gasteiger partial charge >= 0.3 is 0 Å². The molecule has 1 aromatic rings. The van der Waals surface area contributed by atoms with E-state index in [0.717, 1.165) is 36.4 Å². The number of rotatable bonds is 6. The molecule has 3 nitrogen and oxygen atoms in total. The van der Waals surface area contributed by atoms with Crippen LogP contribution in [0.4, 0.5) is 5.69 Å². The van der Waals surface area contributed by atoms with Crippen LogP contribution in [0.1, 0.15) is 32.3 Å². The summed E-state index contributed by atoms with van der Waals surface area (Å²) in [6.07, 6.45) is 2.33. The minimum Gasteiger partial charge on any atom is -0.497 e. The number of ether oxygens (including phenoxy) is 1. The summed E-state index contributed by atoms with van der Waals surface area (Å²) in [5, 5.41) is 0. The zero-order valence-electron chi connectivity index (χ0n) is 11.4. The molecule has 0 aliphatic heterocycles. The Bertz CT molecular complexity index is 348. The molecule has 0 spiro atoms. The van der Waals surface area contributed by atoms with Crippen LogP contribution in [0, 0.1) is 0 Å². The highest BCUT2D eigenvalue weighted by molar-refractivity contribution is 5.50. The minimum absolute atomic E-state index is 0.612. The Kier molecular flexibility index (Phi) is 5.29. The van der Waals surface area contributed by atoms with Crippen molar-refractivity contribution in [2.24, 2.45) is 0 Å². The molecule has 3 heteroatoms. The number of nitrogens with two attached hydrogens (primary N) is 1. The molecule has 2 N–H and O–H groups in total. The lowest BCUT2D eigenvalue weighted by atomic mass is 10.1. The Balaban J connectivity index is 2.79. The summed E-state index contributed by atoms with van der Waals surface area (Å²) >= 11 is 0. The lowest BCUT2D eigenvalue weighted by molar-refractivity contribution is 0.222. The smallest absolute Gasteiger partial charge is 0.119 e. The van der Waals surface area contributed by atoms with Gasteiger partial charge in [0.15, 0.2) is 0 Å². The zero-order chi connectivity index (χ0) is 12.8. The van der Waals surface area contributed by atoms with Gasteiger partial charge in [0.2, 0.25) is 0 Å². The first-order valence-corrected chi connectivity index (χ1v) is 6.24. The van der Waals surface area contributed by atoms with Gasteiger partial charge in [-0.1, -0.05) is 13.8 Å². The maximum Gasteiger partial charge on any atom is 0.119 e. The molecule has 17 heavy (non-hydrogen) atoms. The number of methoxy groups -OCH3 is 1. The molecule has 0 heterocycles. The van der Waals surface area contributed by atoms with E-state index in [-0.39, 0.29) is 0 Å². The first-order chi connectivity index (χ1) is 8.12. The van der Waals surface area contributed by atoms with Crippen LogP contribution in [-0.2, 0) is 6.54 Å². The standard InChI is InChI=1S/C14H24N2O/c1-5-12(6-2)16(3)10-11-9-13(17-4)7-8-14(11)15/h7-9,12H,5-6,10,15H2,1-4H3. The molecule has 0 saturated carbocycles. The van der Waals surface area contributed by atoms with Gasteiger partial charge in [0.05, 0.1) is 7.11 Å².